The van der Waals surface area contributed by atoms with Crippen LogP contribution < -0.4 is 4.74 Å². The van der Waals surface area contributed by atoms with E-state index < -0.39 is 10.0 Å². The molecule has 0 atom stereocenters. The molecule has 1 aliphatic rings. The van der Waals surface area contributed by atoms with Gasteiger partial charge in [0.25, 0.3) is 5.91 Å². The first-order valence-corrected chi connectivity index (χ1v) is 11.8. The fraction of sp³-hybridized carbons (Fsp3) is 0.350. The van der Waals surface area contributed by atoms with Crippen LogP contribution in [0.15, 0.2) is 53.4 Å². The molecule has 0 aromatic heterocycles. The lowest BCUT2D eigenvalue weighted by Gasteiger charge is -2.34. The van der Waals surface area contributed by atoms with E-state index in [1.807, 2.05) is 48.7 Å². The van der Waals surface area contributed by atoms with Crippen molar-refractivity contribution in [2.24, 2.45) is 0 Å². The molecule has 28 heavy (non-hydrogen) atoms. The molecule has 0 bridgehead atoms. The zero-order valence-electron chi connectivity index (χ0n) is 16.0. The number of hydrogen-bond acceptors (Lipinski definition) is 5. The van der Waals surface area contributed by atoms with Crippen molar-refractivity contribution in [1.82, 2.24) is 9.21 Å². The number of carbonyl (C=O) groups is 1. The Labute approximate surface area is 170 Å². The SMILES string of the molecule is COc1cc(SC)ccc1C(=O)N1CCN(S(=O)(=O)Cc2ccccc2)CC1. The average Bonchev–Trinajstić information content (AvgIpc) is 2.73. The Morgan fingerprint density at radius 1 is 1.07 bits per heavy atom. The van der Waals surface area contributed by atoms with Crippen LogP contribution in [0.2, 0.25) is 0 Å². The number of amides is 1. The minimum atomic E-state index is -3.40. The predicted molar refractivity (Wildman–Crippen MR) is 111 cm³/mol. The monoisotopic (exact) mass is 420 g/mol. The summed E-state index contributed by atoms with van der Waals surface area (Å²) in [5.41, 5.74) is 1.26. The standard InChI is InChI=1S/C20H24N2O4S2/c1-26-19-14-17(27-2)8-9-18(19)20(23)21-10-12-22(13-11-21)28(24,25)15-16-6-4-3-5-7-16/h3-9,14H,10-13,15H2,1-2H3. The van der Waals surface area contributed by atoms with E-state index in [4.69, 9.17) is 4.74 Å². The van der Waals surface area contributed by atoms with Crippen LogP contribution in [0.5, 0.6) is 5.75 Å². The third kappa shape index (κ3) is 4.68. The molecule has 0 aliphatic carbocycles. The Morgan fingerprint density at radius 2 is 1.75 bits per heavy atom. The van der Waals surface area contributed by atoms with Crippen molar-refractivity contribution in [3.05, 3.63) is 59.7 Å². The van der Waals surface area contributed by atoms with Gasteiger partial charge >= 0.3 is 0 Å². The summed E-state index contributed by atoms with van der Waals surface area (Å²) in [5, 5.41) is 0. The third-order valence-corrected chi connectivity index (χ3v) is 7.33. The summed E-state index contributed by atoms with van der Waals surface area (Å²) in [6.07, 6.45) is 1.96. The largest absolute Gasteiger partial charge is 0.496 e. The number of sulfonamides is 1. The molecule has 0 unspecified atom stereocenters. The Balaban J connectivity index is 1.66. The van der Waals surface area contributed by atoms with Gasteiger partial charge in [0.05, 0.1) is 18.4 Å². The van der Waals surface area contributed by atoms with Crippen molar-refractivity contribution in [3.63, 3.8) is 0 Å². The first kappa shape index (κ1) is 20.7. The molecule has 1 heterocycles. The third-order valence-electron chi connectivity index (χ3n) is 4.75. The summed E-state index contributed by atoms with van der Waals surface area (Å²) in [4.78, 5) is 15.6. The maximum Gasteiger partial charge on any atom is 0.257 e. The van der Waals surface area contributed by atoms with E-state index in [1.165, 1.54) is 4.31 Å². The van der Waals surface area contributed by atoms with Gasteiger partial charge in [0.15, 0.2) is 0 Å². The molecule has 0 spiro atoms. The summed E-state index contributed by atoms with van der Waals surface area (Å²) in [5.74, 6) is 0.381. The van der Waals surface area contributed by atoms with Gasteiger partial charge in [0.1, 0.15) is 5.75 Å². The van der Waals surface area contributed by atoms with Crippen molar-refractivity contribution in [1.29, 1.82) is 0 Å². The summed E-state index contributed by atoms with van der Waals surface area (Å²) in [6, 6.07) is 14.6. The normalized spacial score (nSPS) is 15.4. The zero-order valence-corrected chi connectivity index (χ0v) is 17.6. The van der Waals surface area contributed by atoms with Crippen LogP contribution in [-0.4, -0.2) is 63.1 Å². The van der Waals surface area contributed by atoms with Crippen LogP contribution in [0.1, 0.15) is 15.9 Å². The summed E-state index contributed by atoms with van der Waals surface area (Å²) < 4.78 is 32.2. The Bertz CT molecular complexity index is 924. The second-order valence-electron chi connectivity index (χ2n) is 6.50. The number of benzene rings is 2. The van der Waals surface area contributed by atoms with Crippen molar-refractivity contribution in [2.45, 2.75) is 10.6 Å². The van der Waals surface area contributed by atoms with Gasteiger partial charge in [-0.2, -0.15) is 4.31 Å². The second kappa shape index (κ2) is 8.98. The van der Waals surface area contributed by atoms with Gasteiger partial charge in [-0.25, -0.2) is 8.42 Å². The maximum absolute atomic E-state index is 12.9. The molecule has 1 saturated heterocycles. The Morgan fingerprint density at radius 3 is 2.36 bits per heavy atom. The lowest BCUT2D eigenvalue weighted by molar-refractivity contribution is 0.0694. The molecule has 0 N–H and O–H groups in total. The van der Waals surface area contributed by atoms with Gasteiger partial charge in [0, 0.05) is 31.1 Å². The molecule has 0 saturated carbocycles. The van der Waals surface area contributed by atoms with Crippen LogP contribution in [0.4, 0.5) is 0 Å². The van der Waals surface area contributed by atoms with E-state index in [-0.39, 0.29) is 11.7 Å². The van der Waals surface area contributed by atoms with E-state index in [9.17, 15) is 13.2 Å². The molecule has 8 heteroatoms. The molecular formula is C20H24N2O4S2. The number of hydrogen-bond donors (Lipinski definition) is 0. The number of ether oxygens (including phenoxy) is 1. The van der Waals surface area contributed by atoms with Crippen LogP contribution >= 0.6 is 11.8 Å². The molecule has 1 fully saturated rings. The van der Waals surface area contributed by atoms with Gasteiger partial charge in [-0.15, -0.1) is 11.8 Å². The highest BCUT2D eigenvalue weighted by atomic mass is 32.2. The number of nitrogens with zero attached hydrogens (tertiary/aromatic N) is 2. The fourth-order valence-electron chi connectivity index (χ4n) is 3.19. The summed E-state index contributed by atoms with van der Waals surface area (Å²) in [7, 11) is -1.86. The zero-order chi connectivity index (χ0) is 20.1. The Hall–Kier alpha value is -2.03. The van der Waals surface area contributed by atoms with Crippen LogP contribution in [0.3, 0.4) is 0 Å². The molecule has 1 amide bonds. The molecular weight excluding hydrogens is 396 g/mol. The van der Waals surface area contributed by atoms with E-state index in [2.05, 4.69) is 0 Å². The molecule has 1 aliphatic heterocycles. The molecule has 6 nitrogen and oxygen atoms in total. The van der Waals surface area contributed by atoms with Crippen molar-refractivity contribution in [2.75, 3.05) is 39.5 Å². The molecule has 150 valence electrons. The smallest absolute Gasteiger partial charge is 0.257 e. The van der Waals surface area contributed by atoms with Crippen LogP contribution in [0.25, 0.3) is 0 Å². The minimum Gasteiger partial charge on any atom is -0.496 e. The minimum absolute atomic E-state index is 0.0221. The quantitative estimate of drug-likeness (QED) is 0.672. The number of rotatable bonds is 6. The number of carbonyl (C=O) groups excluding carboxylic acids is 1. The van der Waals surface area contributed by atoms with E-state index in [1.54, 1.807) is 29.8 Å². The van der Waals surface area contributed by atoms with Gasteiger partial charge in [-0.1, -0.05) is 30.3 Å². The van der Waals surface area contributed by atoms with Gasteiger partial charge in [-0.3, -0.25) is 4.79 Å². The molecule has 2 aromatic rings. The number of piperazine rings is 1. The number of methoxy groups -OCH3 is 1. The summed E-state index contributed by atoms with van der Waals surface area (Å²) in [6.45, 7) is 1.32. The molecule has 2 aromatic carbocycles. The number of thioether (sulfide) groups is 1. The second-order valence-corrected chi connectivity index (χ2v) is 9.35. The van der Waals surface area contributed by atoms with Crippen molar-refractivity contribution < 1.29 is 17.9 Å². The van der Waals surface area contributed by atoms with E-state index in [0.717, 1.165) is 10.5 Å². The Kier molecular flexibility index (Phi) is 6.64. The highest BCUT2D eigenvalue weighted by Gasteiger charge is 2.30. The fourth-order valence-corrected chi connectivity index (χ4v) is 5.14. The van der Waals surface area contributed by atoms with E-state index in [0.29, 0.717) is 37.5 Å². The lowest BCUT2D eigenvalue weighted by Crippen LogP contribution is -2.50. The topological polar surface area (TPSA) is 66.9 Å². The van der Waals surface area contributed by atoms with Crippen molar-refractivity contribution >= 4 is 27.7 Å². The molecule has 0 radical (unpaired) electrons. The van der Waals surface area contributed by atoms with Gasteiger partial charge in [0.2, 0.25) is 10.0 Å². The van der Waals surface area contributed by atoms with E-state index >= 15 is 0 Å². The summed E-state index contributed by atoms with van der Waals surface area (Å²) >= 11 is 1.58. The van der Waals surface area contributed by atoms with Gasteiger partial charge in [-0.05, 0) is 30.0 Å². The van der Waals surface area contributed by atoms with Crippen LogP contribution in [-0.2, 0) is 15.8 Å². The van der Waals surface area contributed by atoms with Crippen molar-refractivity contribution in [3.8, 4) is 5.75 Å². The predicted octanol–water partition coefficient (Wildman–Crippen LogP) is 2.70. The highest BCUT2D eigenvalue weighted by molar-refractivity contribution is 7.98. The van der Waals surface area contributed by atoms with Crippen LogP contribution in [0, 0.1) is 0 Å². The molecule has 3 rings (SSSR count). The first-order chi connectivity index (χ1) is 13.4. The first-order valence-electron chi connectivity index (χ1n) is 8.97. The highest BCUT2D eigenvalue weighted by Crippen LogP contribution is 2.27. The maximum atomic E-state index is 12.9. The average molecular weight is 421 g/mol. The lowest BCUT2D eigenvalue weighted by atomic mass is 10.1. The van der Waals surface area contributed by atoms with Gasteiger partial charge < -0.3 is 9.64 Å².